The molecule has 0 aromatic heterocycles. The molecule has 19 heavy (non-hydrogen) atoms. The third-order valence-electron chi connectivity index (χ3n) is 3.88. The van der Waals surface area contributed by atoms with Crippen molar-refractivity contribution in [2.75, 3.05) is 26.7 Å². The van der Waals surface area contributed by atoms with Crippen LogP contribution in [0.25, 0.3) is 0 Å². The van der Waals surface area contributed by atoms with Gasteiger partial charge in [0.05, 0.1) is 0 Å². The quantitative estimate of drug-likeness (QED) is 0.828. The molecule has 1 amide bonds. The maximum Gasteiger partial charge on any atom is 0.223 e. The molecule has 0 bridgehead atoms. The molecule has 104 valence electrons. The van der Waals surface area contributed by atoms with E-state index in [0.29, 0.717) is 6.42 Å². The minimum atomic E-state index is 0.267. The lowest BCUT2D eigenvalue weighted by Crippen LogP contribution is -2.43. The number of nitrogens with zero attached hydrogens (tertiary/aromatic N) is 2. The molecule has 4 heteroatoms. The first-order valence-corrected chi connectivity index (χ1v) is 7.19. The number of rotatable bonds is 5. The van der Waals surface area contributed by atoms with Gasteiger partial charge in [-0.05, 0) is 38.1 Å². The van der Waals surface area contributed by atoms with Crippen molar-refractivity contribution in [3.8, 4) is 0 Å². The number of hydrogen-bond donors (Lipinski definition) is 0. The Kier molecular flexibility index (Phi) is 4.83. The normalized spacial score (nSPS) is 16.3. The van der Waals surface area contributed by atoms with E-state index in [0.717, 1.165) is 31.1 Å². The highest BCUT2D eigenvalue weighted by Crippen LogP contribution is 2.22. The Morgan fingerprint density at radius 1 is 1.47 bits per heavy atom. The zero-order valence-corrected chi connectivity index (χ0v) is 12.4. The summed E-state index contributed by atoms with van der Waals surface area (Å²) in [4.78, 5) is 15.9. The van der Waals surface area contributed by atoms with Gasteiger partial charge in [-0.25, -0.2) is 0 Å². The summed E-state index contributed by atoms with van der Waals surface area (Å²) in [5.41, 5.74) is 1.19. The van der Waals surface area contributed by atoms with E-state index in [1.165, 1.54) is 5.56 Å². The lowest BCUT2D eigenvalue weighted by Gasteiger charge is -2.32. The largest absolute Gasteiger partial charge is 0.343 e. The first-order chi connectivity index (χ1) is 9.08. The Hall–Kier alpha value is -1.06. The first-order valence-electron chi connectivity index (χ1n) is 6.81. The fourth-order valence-electron chi connectivity index (χ4n) is 2.21. The summed E-state index contributed by atoms with van der Waals surface area (Å²) < 4.78 is 0. The zero-order chi connectivity index (χ0) is 13.8. The maximum absolute atomic E-state index is 11.8. The van der Waals surface area contributed by atoms with E-state index in [9.17, 15) is 4.79 Å². The molecule has 1 saturated heterocycles. The van der Waals surface area contributed by atoms with Crippen LogP contribution in [0.5, 0.6) is 0 Å². The van der Waals surface area contributed by atoms with Gasteiger partial charge in [0, 0.05) is 37.1 Å². The highest BCUT2D eigenvalue weighted by molar-refractivity contribution is 6.30. The molecule has 1 atom stereocenters. The smallest absolute Gasteiger partial charge is 0.223 e. The minimum Gasteiger partial charge on any atom is -0.343 e. The van der Waals surface area contributed by atoms with Crippen LogP contribution in [0.15, 0.2) is 24.3 Å². The number of likely N-dealkylation sites (tertiary alicyclic amines) is 1. The van der Waals surface area contributed by atoms with Crippen molar-refractivity contribution in [1.82, 2.24) is 9.80 Å². The van der Waals surface area contributed by atoms with Crippen LogP contribution in [0.1, 0.15) is 31.4 Å². The van der Waals surface area contributed by atoms with E-state index in [1.54, 1.807) is 0 Å². The number of hydrogen-bond acceptors (Lipinski definition) is 2. The molecule has 1 aliphatic heterocycles. The molecule has 1 aromatic rings. The van der Waals surface area contributed by atoms with Crippen LogP contribution in [0, 0.1) is 0 Å². The number of carbonyl (C=O) groups excluding carboxylic acids is 1. The van der Waals surface area contributed by atoms with E-state index in [2.05, 4.69) is 24.9 Å². The van der Waals surface area contributed by atoms with Crippen molar-refractivity contribution in [1.29, 1.82) is 0 Å². The predicted molar refractivity (Wildman–Crippen MR) is 78.3 cm³/mol. The molecule has 0 aliphatic carbocycles. The Morgan fingerprint density at radius 2 is 2.21 bits per heavy atom. The van der Waals surface area contributed by atoms with Crippen molar-refractivity contribution < 1.29 is 4.79 Å². The molecule has 1 aromatic carbocycles. The zero-order valence-electron chi connectivity index (χ0n) is 11.6. The van der Waals surface area contributed by atoms with E-state index < -0.39 is 0 Å². The molecule has 1 heterocycles. The van der Waals surface area contributed by atoms with Crippen LogP contribution in [0.2, 0.25) is 5.02 Å². The minimum absolute atomic E-state index is 0.267. The van der Waals surface area contributed by atoms with E-state index in [-0.39, 0.29) is 11.9 Å². The summed E-state index contributed by atoms with van der Waals surface area (Å²) in [6.45, 7) is 4.79. The van der Waals surface area contributed by atoms with Gasteiger partial charge in [0.2, 0.25) is 5.91 Å². The number of benzene rings is 1. The fraction of sp³-hybridized carbons (Fsp3) is 0.533. The Labute approximate surface area is 120 Å². The average Bonchev–Trinajstić information content (AvgIpc) is 2.33. The lowest BCUT2D eigenvalue weighted by molar-refractivity contribution is -0.134. The fourth-order valence-corrected chi connectivity index (χ4v) is 2.41. The average molecular weight is 281 g/mol. The van der Waals surface area contributed by atoms with Gasteiger partial charge in [-0.1, -0.05) is 23.7 Å². The van der Waals surface area contributed by atoms with Gasteiger partial charge >= 0.3 is 0 Å². The topological polar surface area (TPSA) is 23.6 Å². The van der Waals surface area contributed by atoms with Crippen LogP contribution in [-0.4, -0.2) is 42.4 Å². The van der Waals surface area contributed by atoms with E-state index in [1.807, 2.05) is 23.1 Å². The van der Waals surface area contributed by atoms with Crippen LogP contribution in [-0.2, 0) is 4.79 Å². The third kappa shape index (κ3) is 3.71. The molecule has 1 aliphatic rings. The van der Waals surface area contributed by atoms with Crippen LogP contribution in [0.3, 0.4) is 0 Å². The van der Waals surface area contributed by atoms with Gasteiger partial charge < -0.3 is 4.90 Å². The van der Waals surface area contributed by atoms with Crippen molar-refractivity contribution in [3.63, 3.8) is 0 Å². The highest BCUT2D eigenvalue weighted by Gasteiger charge is 2.21. The van der Waals surface area contributed by atoms with Crippen LogP contribution >= 0.6 is 11.6 Å². The Balaban J connectivity index is 1.84. The monoisotopic (exact) mass is 280 g/mol. The van der Waals surface area contributed by atoms with Crippen molar-refractivity contribution in [2.24, 2.45) is 0 Å². The summed E-state index contributed by atoms with van der Waals surface area (Å²) >= 11 is 6.01. The molecule has 0 radical (unpaired) electrons. The van der Waals surface area contributed by atoms with Gasteiger partial charge in [-0.3, -0.25) is 9.69 Å². The van der Waals surface area contributed by atoms with Gasteiger partial charge in [0.1, 0.15) is 0 Å². The molecular weight excluding hydrogens is 260 g/mol. The molecular formula is C15H21ClN2O. The Morgan fingerprint density at radius 3 is 2.79 bits per heavy atom. The standard InChI is InChI=1S/C15H21ClN2O/c1-12(13-5-3-6-14(16)11-13)17(2)10-7-15(19)18-8-4-9-18/h3,5-6,11-12H,4,7-10H2,1-2H3/t12-/m0/s1. The SMILES string of the molecule is C[C@@H](c1cccc(Cl)c1)N(C)CCC(=O)N1CCC1. The van der Waals surface area contributed by atoms with E-state index >= 15 is 0 Å². The van der Waals surface area contributed by atoms with Gasteiger partial charge in [0.15, 0.2) is 0 Å². The van der Waals surface area contributed by atoms with Crippen molar-refractivity contribution in [3.05, 3.63) is 34.9 Å². The predicted octanol–water partition coefficient (Wildman–Crippen LogP) is 2.96. The maximum atomic E-state index is 11.8. The number of amides is 1. The van der Waals surface area contributed by atoms with Crippen LogP contribution in [0.4, 0.5) is 0 Å². The molecule has 0 spiro atoms. The second kappa shape index (κ2) is 6.40. The van der Waals surface area contributed by atoms with Crippen molar-refractivity contribution in [2.45, 2.75) is 25.8 Å². The second-order valence-corrected chi connectivity index (χ2v) is 5.63. The molecule has 2 rings (SSSR count). The molecule has 0 saturated carbocycles. The molecule has 0 unspecified atom stereocenters. The van der Waals surface area contributed by atoms with Crippen molar-refractivity contribution >= 4 is 17.5 Å². The van der Waals surface area contributed by atoms with Crippen LogP contribution < -0.4 is 0 Å². The summed E-state index contributed by atoms with van der Waals surface area (Å²) in [7, 11) is 2.05. The van der Waals surface area contributed by atoms with Gasteiger partial charge in [-0.15, -0.1) is 0 Å². The summed E-state index contributed by atoms with van der Waals surface area (Å²) in [6.07, 6.45) is 1.75. The number of halogens is 1. The summed E-state index contributed by atoms with van der Waals surface area (Å²) in [5.74, 6) is 0.274. The third-order valence-corrected chi connectivity index (χ3v) is 4.11. The van der Waals surface area contributed by atoms with Gasteiger partial charge in [0.25, 0.3) is 0 Å². The highest BCUT2D eigenvalue weighted by atomic mass is 35.5. The number of carbonyl (C=O) groups is 1. The van der Waals surface area contributed by atoms with E-state index in [4.69, 9.17) is 11.6 Å². The molecule has 0 N–H and O–H groups in total. The Bertz CT molecular complexity index is 446. The summed E-state index contributed by atoms with van der Waals surface area (Å²) in [5, 5.41) is 0.759. The summed E-state index contributed by atoms with van der Waals surface area (Å²) in [6, 6.07) is 8.17. The first kappa shape index (κ1) is 14.4. The lowest BCUT2D eigenvalue weighted by atomic mass is 10.1. The second-order valence-electron chi connectivity index (χ2n) is 5.20. The molecule has 3 nitrogen and oxygen atoms in total. The van der Waals surface area contributed by atoms with Gasteiger partial charge in [-0.2, -0.15) is 0 Å². The molecule has 1 fully saturated rings.